The molecular formula is C9H12O7. The van der Waals surface area contributed by atoms with Gasteiger partial charge in [0, 0.05) is 0 Å². The van der Waals surface area contributed by atoms with Gasteiger partial charge in [0.05, 0.1) is 14.2 Å². The molecule has 0 aromatic rings. The van der Waals surface area contributed by atoms with Crippen LogP contribution in [0, 0.1) is 0 Å². The van der Waals surface area contributed by atoms with E-state index < -0.39 is 36.4 Å². The normalized spacial score (nSPS) is 36.9. The van der Waals surface area contributed by atoms with Crippen LogP contribution < -0.4 is 0 Å². The summed E-state index contributed by atoms with van der Waals surface area (Å²) in [5.41, 5.74) is 0. The van der Waals surface area contributed by atoms with Crippen molar-refractivity contribution in [3.8, 4) is 0 Å². The molecule has 7 heteroatoms. The molecule has 0 aliphatic carbocycles. The quantitative estimate of drug-likeness (QED) is 0.555. The van der Waals surface area contributed by atoms with E-state index in [4.69, 9.17) is 14.2 Å². The van der Waals surface area contributed by atoms with E-state index in [1.54, 1.807) is 0 Å². The van der Waals surface area contributed by atoms with Crippen molar-refractivity contribution in [2.45, 2.75) is 24.4 Å². The highest BCUT2D eigenvalue weighted by Gasteiger charge is 2.56. The maximum Gasteiger partial charge on any atom is 0.337 e. The lowest BCUT2D eigenvalue weighted by atomic mass is 10.1. The Balaban J connectivity index is 2.14. The van der Waals surface area contributed by atoms with Gasteiger partial charge in [0.25, 0.3) is 0 Å². The summed E-state index contributed by atoms with van der Waals surface area (Å²) < 4.78 is 24.7. The molecule has 90 valence electrons. The first-order valence-corrected chi connectivity index (χ1v) is 4.73. The maximum absolute atomic E-state index is 11.4. The lowest BCUT2D eigenvalue weighted by Gasteiger charge is -2.13. The Kier molecular flexibility index (Phi) is 3.08. The Morgan fingerprint density at radius 1 is 1.00 bits per heavy atom. The first-order chi connectivity index (χ1) is 7.69. The van der Waals surface area contributed by atoms with Gasteiger partial charge < -0.3 is 23.7 Å². The first-order valence-electron chi connectivity index (χ1n) is 4.73. The van der Waals surface area contributed by atoms with Crippen LogP contribution in [0.5, 0.6) is 0 Å². The highest BCUT2D eigenvalue weighted by molar-refractivity contribution is 5.80. The molecule has 2 heterocycles. The minimum atomic E-state index is -0.943. The van der Waals surface area contributed by atoms with Gasteiger partial charge in [-0.25, -0.2) is 9.59 Å². The molecule has 2 fully saturated rings. The number of ether oxygens (including phenoxy) is 5. The van der Waals surface area contributed by atoms with Gasteiger partial charge in [0.2, 0.25) is 0 Å². The van der Waals surface area contributed by atoms with Gasteiger partial charge in [0.15, 0.2) is 12.2 Å². The molecule has 0 amide bonds. The molecule has 0 aromatic heterocycles. The molecule has 0 bridgehead atoms. The molecule has 4 atom stereocenters. The molecule has 0 saturated carbocycles. The number of carbonyl (C=O) groups excluding carboxylic acids is 2. The summed E-state index contributed by atoms with van der Waals surface area (Å²) in [6.45, 7) is 0.0275. The van der Waals surface area contributed by atoms with E-state index in [-0.39, 0.29) is 6.79 Å². The van der Waals surface area contributed by atoms with E-state index in [9.17, 15) is 9.59 Å². The molecule has 2 saturated heterocycles. The monoisotopic (exact) mass is 232 g/mol. The van der Waals surface area contributed by atoms with Crippen LogP contribution in [0.25, 0.3) is 0 Å². The largest absolute Gasteiger partial charge is 0.467 e. The van der Waals surface area contributed by atoms with Crippen LogP contribution in [0.4, 0.5) is 0 Å². The molecule has 0 spiro atoms. The van der Waals surface area contributed by atoms with Gasteiger partial charge in [-0.1, -0.05) is 0 Å². The minimum Gasteiger partial charge on any atom is -0.467 e. The van der Waals surface area contributed by atoms with Gasteiger partial charge in [-0.05, 0) is 0 Å². The van der Waals surface area contributed by atoms with Crippen molar-refractivity contribution in [2.24, 2.45) is 0 Å². The van der Waals surface area contributed by atoms with Gasteiger partial charge in [0.1, 0.15) is 19.0 Å². The zero-order valence-corrected chi connectivity index (χ0v) is 8.87. The smallest absolute Gasteiger partial charge is 0.337 e. The molecule has 7 nitrogen and oxygen atoms in total. The topological polar surface area (TPSA) is 80.3 Å². The highest BCUT2D eigenvalue weighted by Crippen LogP contribution is 2.32. The van der Waals surface area contributed by atoms with Gasteiger partial charge >= 0.3 is 11.9 Å². The number of hydrogen-bond acceptors (Lipinski definition) is 7. The van der Waals surface area contributed by atoms with Crippen LogP contribution in [-0.2, 0) is 33.3 Å². The van der Waals surface area contributed by atoms with Crippen molar-refractivity contribution in [1.29, 1.82) is 0 Å². The van der Waals surface area contributed by atoms with E-state index in [1.165, 1.54) is 14.2 Å². The predicted molar refractivity (Wildman–Crippen MR) is 47.3 cm³/mol. The number of rotatable bonds is 2. The summed E-state index contributed by atoms with van der Waals surface area (Å²) in [5, 5.41) is 0. The fraction of sp³-hybridized carbons (Fsp3) is 0.778. The Bertz CT molecular complexity index is 274. The average Bonchev–Trinajstić information content (AvgIpc) is 2.87. The van der Waals surface area contributed by atoms with Gasteiger partial charge in [-0.3, -0.25) is 0 Å². The molecule has 0 aromatic carbocycles. The third kappa shape index (κ3) is 1.66. The molecular weight excluding hydrogens is 220 g/mol. The number of fused-ring (bicyclic) bond motifs is 1. The molecule has 16 heavy (non-hydrogen) atoms. The number of esters is 2. The average molecular weight is 232 g/mol. The second-order valence-corrected chi connectivity index (χ2v) is 3.40. The third-order valence-corrected chi connectivity index (χ3v) is 2.60. The van der Waals surface area contributed by atoms with E-state index in [2.05, 4.69) is 9.47 Å². The van der Waals surface area contributed by atoms with Crippen molar-refractivity contribution in [3.05, 3.63) is 0 Å². The second kappa shape index (κ2) is 4.36. The second-order valence-electron chi connectivity index (χ2n) is 3.40. The van der Waals surface area contributed by atoms with Crippen molar-refractivity contribution in [2.75, 3.05) is 21.0 Å². The summed E-state index contributed by atoms with van der Waals surface area (Å²) in [6, 6.07) is 0. The lowest BCUT2D eigenvalue weighted by Crippen LogP contribution is -2.36. The van der Waals surface area contributed by atoms with Crippen LogP contribution in [0.3, 0.4) is 0 Å². The van der Waals surface area contributed by atoms with Gasteiger partial charge in [-0.2, -0.15) is 0 Å². The van der Waals surface area contributed by atoms with Crippen LogP contribution in [0.2, 0.25) is 0 Å². The third-order valence-electron chi connectivity index (χ3n) is 2.60. The zero-order chi connectivity index (χ0) is 11.7. The minimum absolute atomic E-state index is 0.0275. The predicted octanol–water partition coefficient (Wildman–Crippen LogP) is -1.16. The SMILES string of the molecule is COC(=O)C1OC(C(=O)OC)C2OCOC12. The van der Waals surface area contributed by atoms with Crippen molar-refractivity contribution >= 4 is 11.9 Å². The van der Waals surface area contributed by atoms with Crippen molar-refractivity contribution in [1.82, 2.24) is 0 Å². The van der Waals surface area contributed by atoms with E-state index in [0.717, 1.165) is 0 Å². The van der Waals surface area contributed by atoms with Crippen molar-refractivity contribution < 1.29 is 33.3 Å². The number of hydrogen-bond donors (Lipinski definition) is 0. The molecule has 4 unspecified atom stereocenters. The van der Waals surface area contributed by atoms with E-state index >= 15 is 0 Å². The number of methoxy groups -OCH3 is 2. The summed E-state index contributed by atoms with van der Waals surface area (Å²) >= 11 is 0. The molecule has 0 radical (unpaired) electrons. The maximum atomic E-state index is 11.4. The molecule has 2 aliphatic heterocycles. The Morgan fingerprint density at radius 3 is 1.81 bits per heavy atom. The molecule has 2 rings (SSSR count). The van der Waals surface area contributed by atoms with Crippen molar-refractivity contribution in [3.63, 3.8) is 0 Å². The van der Waals surface area contributed by atoms with Crippen LogP contribution in [-0.4, -0.2) is 57.4 Å². The number of carbonyl (C=O) groups is 2. The Morgan fingerprint density at radius 2 is 1.44 bits per heavy atom. The van der Waals surface area contributed by atoms with E-state index in [1.807, 2.05) is 0 Å². The van der Waals surface area contributed by atoms with Crippen LogP contribution in [0.15, 0.2) is 0 Å². The van der Waals surface area contributed by atoms with Crippen LogP contribution in [0.1, 0.15) is 0 Å². The van der Waals surface area contributed by atoms with E-state index in [0.29, 0.717) is 0 Å². The summed E-state index contributed by atoms with van der Waals surface area (Å²) in [4.78, 5) is 22.8. The molecule has 2 aliphatic rings. The zero-order valence-electron chi connectivity index (χ0n) is 8.87. The Labute approximate surface area is 91.5 Å². The highest BCUT2D eigenvalue weighted by atomic mass is 16.7. The standard InChI is InChI=1S/C9H12O7/c1-12-8(10)6-4-5(15-3-14-4)7(16-6)9(11)13-2/h4-7H,3H2,1-2H3. The summed E-state index contributed by atoms with van der Waals surface area (Å²) in [6.07, 6.45) is -3.11. The summed E-state index contributed by atoms with van der Waals surface area (Å²) in [7, 11) is 2.48. The Hall–Kier alpha value is -1.18. The summed E-state index contributed by atoms with van der Waals surface area (Å²) in [5.74, 6) is -1.18. The van der Waals surface area contributed by atoms with Crippen LogP contribution >= 0.6 is 0 Å². The molecule has 0 N–H and O–H groups in total. The fourth-order valence-corrected chi connectivity index (χ4v) is 1.83. The lowest BCUT2D eigenvalue weighted by molar-refractivity contribution is -0.171. The van der Waals surface area contributed by atoms with Gasteiger partial charge in [-0.15, -0.1) is 0 Å². The first kappa shape index (κ1) is 11.3. The fourth-order valence-electron chi connectivity index (χ4n) is 1.83.